The number of quaternary nitrogens is 1. The molecule has 1 aromatic carbocycles. The van der Waals surface area contributed by atoms with Gasteiger partial charge in [0.1, 0.15) is 11.8 Å². The first-order valence-electron chi connectivity index (χ1n) is 7.29. The molecule has 0 radical (unpaired) electrons. The van der Waals surface area contributed by atoms with Crippen molar-refractivity contribution in [3.63, 3.8) is 0 Å². The van der Waals surface area contributed by atoms with E-state index in [0.29, 0.717) is 6.04 Å². The SMILES string of the molecule is C=C(C)[C@H]1CCC[N+]1(C)CCCOc1ccccc1. The number of likely N-dealkylation sites (N-methyl/N-ethyl adjacent to an activating group) is 1. The molecule has 1 aliphatic rings. The maximum absolute atomic E-state index is 5.77. The molecule has 1 heterocycles. The van der Waals surface area contributed by atoms with Crippen LogP contribution in [0.3, 0.4) is 0 Å². The molecule has 0 spiro atoms. The van der Waals surface area contributed by atoms with Gasteiger partial charge in [-0.3, -0.25) is 0 Å². The van der Waals surface area contributed by atoms with Crippen molar-refractivity contribution in [2.24, 2.45) is 0 Å². The van der Waals surface area contributed by atoms with Crippen LogP contribution in [-0.2, 0) is 0 Å². The summed E-state index contributed by atoms with van der Waals surface area (Å²) in [5.41, 5.74) is 1.34. The van der Waals surface area contributed by atoms with Gasteiger partial charge in [-0.25, -0.2) is 0 Å². The summed E-state index contributed by atoms with van der Waals surface area (Å²) in [6.45, 7) is 9.61. The molecule has 1 aliphatic heterocycles. The Morgan fingerprint density at radius 1 is 1.37 bits per heavy atom. The smallest absolute Gasteiger partial charge is 0.119 e. The lowest BCUT2D eigenvalue weighted by Gasteiger charge is -2.36. The van der Waals surface area contributed by atoms with E-state index in [-0.39, 0.29) is 0 Å². The summed E-state index contributed by atoms with van der Waals surface area (Å²) < 4.78 is 6.92. The largest absolute Gasteiger partial charge is 0.493 e. The molecular formula is C17H26NO+. The molecule has 0 amide bonds. The first kappa shape index (κ1) is 14.1. The summed E-state index contributed by atoms with van der Waals surface area (Å²) in [5, 5.41) is 0. The number of likely N-dealkylation sites (tertiary alicyclic amines) is 1. The maximum Gasteiger partial charge on any atom is 0.119 e. The van der Waals surface area contributed by atoms with E-state index in [1.807, 2.05) is 30.3 Å². The molecule has 1 saturated heterocycles. The van der Waals surface area contributed by atoms with Crippen molar-refractivity contribution in [2.75, 3.05) is 26.7 Å². The van der Waals surface area contributed by atoms with Crippen LogP contribution in [-0.4, -0.2) is 37.3 Å². The van der Waals surface area contributed by atoms with Gasteiger partial charge < -0.3 is 9.22 Å². The third kappa shape index (κ3) is 3.60. The molecule has 2 heteroatoms. The highest BCUT2D eigenvalue weighted by molar-refractivity contribution is 5.20. The fourth-order valence-corrected chi connectivity index (χ4v) is 3.29. The Morgan fingerprint density at radius 3 is 2.79 bits per heavy atom. The third-order valence-electron chi connectivity index (χ3n) is 4.29. The van der Waals surface area contributed by atoms with E-state index in [9.17, 15) is 0 Å². The second kappa shape index (κ2) is 6.25. The van der Waals surface area contributed by atoms with Crippen LogP contribution in [0.2, 0.25) is 0 Å². The number of nitrogens with zero attached hydrogens (tertiary/aromatic N) is 1. The Bertz CT molecular complexity index is 415. The second-order valence-electron chi connectivity index (χ2n) is 5.95. The summed E-state index contributed by atoms with van der Waals surface area (Å²) in [5.74, 6) is 0.975. The van der Waals surface area contributed by atoms with E-state index in [1.165, 1.54) is 31.5 Å². The Hall–Kier alpha value is -1.28. The van der Waals surface area contributed by atoms with Gasteiger partial charge in [0.15, 0.2) is 0 Å². The minimum absolute atomic E-state index is 0.650. The molecule has 2 atom stereocenters. The molecule has 2 rings (SSSR count). The highest BCUT2D eigenvalue weighted by Crippen LogP contribution is 2.29. The average molecular weight is 260 g/mol. The first-order valence-corrected chi connectivity index (χ1v) is 7.29. The van der Waals surface area contributed by atoms with Gasteiger partial charge in [-0.2, -0.15) is 0 Å². The monoisotopic (exact) mass is 260 g/mol. The van der Waals surface area contributed by atoms with Crippen molar-refractivity contribution < 1.29 is 9.22 Å². The van der Waals surface area contributed by atoms with Gasteiger partial charge in [0, 0.05) is 19.3 Å². The molecular weight excluding hydrogens is 234 g/mol. The van der Waals surface area contributed by atoms with Crippen LogP contribution in [0, 0.1) is 0 Å². The number of hydrogen-bond acceptors (Lipinski definition) is 1. The maximum atomic E-state index is 5.77. The van der Waals surface area contributed by atoms with Gasteiger partial charge in [-0.15, -0.1) is 0 Å². The number of benzene rings is 1. The van der Waals surface area contributed by atoms with Gasteiger partial charge >= 0.3 is 0 Å². The average Bonchev–Trinajstić information content (AvgIpc) is 2.79. The molecule has 1 unspecified atom stereocenters. The van der Waals surface area contributed by atoms with Crippen molar-refractivity contribution >= 4 is 0 Å². The van der Waals surface area contributed by atoms with Gasteiger partial charge in [0.2, 0.25) is 0 Å². The quantitative estimate of drug-likeness (QED) is 0.431. The Kier molecular flexibility index (Phi) is 4.65. The lowest BCUT2D eigenvalue weighted by Crippen LogP contribution is -2.49. The zero-order valence-electron chi connectivity index (χ0n) is 12.3. The highest BCUT2D eigenvalue weighted by Gasteiger charge is 2.37. The standard InChI is InChI=1S/C17H26NO/c1-15(2)17-11-7-12-18(17,3)13-8-14-19-16-9-5-4-6-10-16/h4-6,9-10,17H,1,7-8,11-14H2,2-3H3/q+1/t17-,18?/m1/s1. The highest BCUT2D eigenvalue weighted by atomic mass is 16.5. The molecule has 0 aliphatic carbocycles. The van der Waals surface area contributed by atoms with Crippen molar-refractivity contribution in [1.29, 1.82) is 0 Å². The lowest BCUT2D eigenvalue weighted by molar-refractivity contribution is -0.916. The Morgan fingerprint density at radius 2 is 2.11 bits per heavy atom. The van der Waals surface area contributed by atoms with Crippen LogP contribution < -0.4 is 4.74 Å². The minimum atomic E-state index is 0.650. The van der Waals surface area contributed by atoms with Crippen molar-refractivity contribution in [2.45, 2.75) is 32.2 Å². The van der Waals surface area contributed by atoms with E-state index in [4.69, 9.17) is 4.74 Å². The zero-order chi connectivity index (χ0) is 13.7. The van der Waals surface area contributed by atoms with Crippen LogP contribution in [0.1, 0.15) is 26.2 Å². The van der Waals surface area contributed by atoms with Gasteiger partial charge in [-0.1, -0.05) is 24.8 Å². The topological polar surface area (TPSA) is 9.23 Å². The fourth-order valence-electron chi connectivity index (χ4n) is 3.29. The van der Waals surface area contributed by atoms with E-state index < -0.39 is 0 Å². The third-order valence-corrected chi connectivity index (χ3v) is 4.29. The number of para-hydroxylation sites is 1. The van der Waals surface area contributed by atoms with E-state index >= 15 is 0 Å². The van der Waals surface area contributed by atoms with Crippen LogP contribution in [0.4, 0.5) is 0 Å². The first-order chi connectivity index (χ1) is 9.12. The van der Waals surface area contributed by atoms with Crippen LogP contribution in [0.5, 0.6) is 5.75 Å². The van der Waals surface area contributed by atoms with Crippen LogP contribution in [0.25, 0.3) is 0 Å². The van der Waals surface area contributed by atoms with Crippen molar-refractivity contribution in [3.8, 4) is 5.75 Å². The Labute approximate surface area is 117 Å². The summed E-state index contributed by atoms with van der Waals surface area (Å²) in [4.78, 5) is 0. The molecule has 19 heavy (non-hydrogen) atoms. The molecule has 2 nitrogen and oxygen atoms in total. The molecule has 104 valence electrons. The summed E-state index contributed by atoms with van der Waals surface area (Å²) in [6, 6.07) is 10.7. The number of hydrogen-bond donors (Lipinski definition) is 0. The number of ether oxygens (including phenoxy) is 1. The molecule has 1 aromatic rings. The zero-order valence-corrected chi connectivity index (χ0v) is 12.3. The van der Waals surface area contributed by atoms with Gasteiger partial charge in [0.25, 0.3) is 0 Å². The number of rotatable bonds is 6. The van der Waals surface area contributed by atoms with E-state index in [2.05, 4.69) is 20.6 Å². The van der Waals surface area contributed by atoms with Gasteiger partial charge in [-0.05, 0) is 24.6 Å². The van der Waals surface area contributed by atoms with E-state index in [0.717, 1.165) is 23.3 Å². The second-order valence-corrected chi connectivity index (χ2v) is 5.95. The summed E-state index contributed by atoms with van der Waals surface area (Å²) in [7, 11) is 2.37. The van der Waals surface area contributed by atoms with E-state index in [1.54, 1.807) is 0 Å². The van der Waals surface area contributed by atoms with Crippen LogP contribution in [0.15, 0.2) is 42.5 Å². The summed E-state index contributed by atoms with van der Waals surface area (Å²) in [6.07, 6.45) is 3.73. The van der Waals surface area contributed by atoms with Crippen molar-refractivity contribution in [1.82, 2.24) is 0 Å². The summed E-state index contributed by atoms with van der Waals surface area (Å²) >= 11 is 0. The normalized spacial score (nSPS) is 26.3. The fraction of sp³-hybridized carbons (Fsp3) is 0.529. The minimum Gasteiger partial charge on any atom is -0.493 e. The predicted octanol–water partition coefficient (Wildman–Crippen LogP) is 3.64. The van der Waals surface area contributed by atoms with Gasteiger partial charge in [0.05, 0.1) is 26.7 Å². The Balaban J connectivity index is 1.77. The molecule has 1 fully saturated rings. The van der Waals surface area contributed by atoms with Crippen LogP contribution >= 0.6 is 0 Å². The lowest BCUT2D eigenvalue weighted by atomic mass is 10.1. The molecule has 0 N–H and O–H groups in total. The predicted molar refractivity (Wildman–Crippen MR) is 80.3 cm³/mol. The molecule has 0 aromatic heterocycles. The van der Waals surface area contributed by atoms with Crippen molar-refractivity contribution in [3.05, 3.63) is 42.5 Å². The molecule has 0 saturated carbocycles. The molecule has 0 bridgehead atoms.